The van der Waals surface area contributed by atoms with Crippen LogP contribution >= 0.6 is 0 Å². The van der Waals surface area contributed by atoms with E-state index in [1.54, 1.807) is 0 Å². The number of carbonyl (C=O) groups is 1. The molecule has 1 saturated heterocycles. The van der Waals surface area contributed by atoms with E-state index in [1.807, 2.05) is 31.2 Å². The van der Waals surface area contributed by atoms with Gasteiger partial charge in [0, 0.05) is 12.1 Å². The van der Waals surface area contributed by atoms with E-state index in [0.717, 1.165) is 31.5 Å². The third kappa shape index (κ3) is 5.17. The van der Waals surface area contributed by atoms with Crippen molar-refractivity contribution in [3.8, 4) is 11.6 Å². The molecule has 0 aliphatic carbocycles. The first-order chi connectivity index (χ1) is 16.1. The van der Waals surface area contributed by atoms with Crippen molar-refractivity contribution in [1.29, 1.82) is 0 Å². The molecule has 0 saturated carbocycles. The van der Waals surface area contributed by atoms with E-state index in [-0.39, 0.29) is 17.3 Å². The second-order valence-electron chi connectivity index (χ2n) is 7.90. The molecule has 4 rings (SSSR count). The first-order valence-electron chi connectivity index (χ1n) is 10.9. The summed E-state index contributed by atoms with van der Waals surface area (Å²) in [5, 5.41) is 19.7. The largest absolute Gasteiger partial charge is 0.493 e. The molecule has 0 bridgehead atoms. The maximum atomic E-state index is 12.9. The van der Waals surface area contributed by atoms with Crippen molar-refractivity contribution in [2.75, 3.05) is 25.4 Å². The van der Waals surface area contributed by atoms with Gasteiger partial charge in [-0.1, -0.05) is 24.3 Å². The summed E-state index contributed by atoms with van der Waals surface area (Å²) in [5.74, 6) is 1.11. The number of anilines is 1. The SMILES string of the molecule is CCOc1ccccc1C=NNC(=O)c1nnn(-c2nonc2N)c1CN1CCC(C)CC1. The van der Waals surface area contributed by atoms with Gasteiger partial charge in [-0.3, -0.25) is 9.69 Å². The Morgan fingerprint density at radius 3 is 2.85 bits per heavy atom. The number of hydrogen-bond donors (Lipinski definition) is 2. The molecule has 12 heteroatoms. The molecule has 0 atom stereocenters. The normalized spacial score (nSPS) is 15.2. The fourth-order valence-corrected chi connectivity index (χ4v) is 3.65. The maximum absolute atomic E-state index is 12.9. The van der Waals surface area contributed by atoms with Gasteiger partial charge in [-0.25, -0.2) is 10.1 Å². The fraction of sp³-hybridized carbons (Fsp3) is 0.429. The first kappa shape index (κ1) is 22.4. The highest BCUT2D eigenvalue weighted by molar-refractivity contribution is 5.94. The molecular formula is C21H27N9O3. The van der Waals surface area contributed by atoms with Crippen LogP contribution in [-0.2, 0) is 6.54 Å². The molecule has 1 aliphatic heterocycles. The molecule has 1 amide bonds. The topological polar surface area (TPSA) is 150 Å². The number of nitrogens with two attached hydrogens (primary N) is 1. The number of ether oxygens (including phenoxy) is 1. The van der Waals surface area contributed by atoms with Crippen LogP contribution in [0.3, 0.4) is 0 Å². The van der Waals surface area contributed by atoms with Crippen molar-refractivity contribution >= 4 is 17.9 Å². The number of benzene rings is 1. The van der Waals surface area contributed by atoms with Gasteiger partial charge < -0.3 is 10.5 Å². The second-order valence-corrected chi connectivity index (χ2v) is 7.90. The number of carbonyl (C=O) groups excluding carboxylic acids is 1. The standard InChI is InChI=1S/C21H27N9O3/c1-3-32-17-7-5-4-6-15(17)12-23-25-21(31)18-16(13-29-10-8-14(2)9-11-29)30(28-24-18)20-19(22)26-33-27-20/h4-7,12,14H,3,8-11,13H2,1-2H3,(H2,22,26)(H,25,31). The third-order valence-corrected chi connectivity index (χ3v) is 5.51. The van der Waals surface area contributed by atoms with E-state index in [1.165, 1.54) is 10.9 Å². The monoisotopic (exact) mass is 453 g/mol. The highest BCUT2D eigenvalue weighted by atomic mass is 16.6. The summed E-state index contributed by atoms with van der Waals surface area (Å²) in [6, 6.07) is 7.43. The minimum absolute atomic E-state index is 0.0610. The zero-order valence-electron chi connectivity index (χ0n) is 18.6. The molecule has 3 N–H and O–H groups in total. The quantitative estimate of drug-likeness (QED) is 0.383. The van der Waals surface area contributed by atoms with Gasteiger partial charge in [0.1, 0.15) is 5.75 Å². The Balaban J connectivity index is 1.55. The van der Waals surface area contributed by atoms with Crippen molar-refractivity contribution in [2.24, 2.45) is 11.0 Å². The lowest BCUT2D eigenvalue weighted by Crippen LogP contribution is -2.34. The minimum atomic E-state index is -0.498. The number of likely N-dealkylation sites (tertiary alicyclic amines) is 1. The number of nitrogens with one attached hydrogen (secondary N) is 1. The van der Waals surface area contributed by atoms with Gasteiger partial charge in [0.05, 0.1) is 18.5 Å². The summed E-state index contributed by atoms with van der Waals surface area (Å²) >= 11 is 0. The molecule has 1 aromatic carbocycles. The van der Waals surface area contributed by atoms with Crippen LogP contribution in [0, 0.1) is 5.92 Å². The maximum Gasteiger partial charge on any atom is 0.293 e. The molecule has 33 heavy (non-hydrogen) atoms. The summed E-state index contributed by atoms with van der Waals surface area (Å²) in [6.07, 6.45) is 3.69. The predicted molar refractivity (Wildman–Crippen MR) is 120 cm³/mol. The van der Waals surface area contributed by atoms with E-state index in [9.17, 15) is 4.79 Å². The van der Waals surface area contributed by atoms with Crippen molar-refractivity contribution < 1.29 is 14.2 Å². The zero-order chi connectivity index (χ0) is 23.2. The van der Waals surface area contributed by atoms with Crippen LogP contribution in [0.1, 0.15) is 48.4 Å². The van der Waals surface area contributed by atoms with E-state index < -0.39 is 5.91 Å². The summed E-state index contributed by atoms with van der Waals surface area (Å²) in [7, 11) is 0. The van der Waals surface area contributed by atoms with Crippen LogP contribution in [0.5, 0.6) is 5.75 Å². The Kier molecular flexibility index (Phi) is 6.93. The molecule has 12 nitrogen and oxygen atoms in total. The Hall–Kier alpha value is -3.80. The van der Waals surface area contributed by atoms with Gasteiger partial charge in [0.25, 0.3) is 5.91 Å². The zero-order valence-corrected chi connectivity index (χ0v) is 18.6. The first-order valence-corrected chi connectivity index (χ1v) is 10.9. The van der Waals surface area contributed by atoms with Crippen LogP contribution in [0.25, 0.3) is 5.82 Å². The number of amides is 1. The van der Waals surface area contributed by atoms with Gasteiger partial charge in [-0.05, 0) is 61.2 Å². The highest BCUT2D eigenvalue weighted by Crippen LogP contribution is 2.22. The number of nitrogens with zero attached hydrogens (tertiary/aromatic N) is 7. The summed E-state index contributed by atoms with van der Waals surface area (Å²) in [4.78, 5) is 15.2. The van der Waals surface area contributed by atoms with Crippen molar-refractivity contribution in [2.45, 2.75) is 33.2 Å². The van der Waals surface area contributed by atoms with E-state index in [4.69, 9.17) is 15.1 Å². The van der Waals surface area contributed by atoms with E-state index in [0.29, 0.717) is 30.5 Å². The summed E-state index contributed by atoms with van der Waals surface area (Å²) in [6.45, 7) is 6.94. The average molecular weight is 454 g/mol. The fourth-order valence-electron chi connectivity index (χ4n) is 3.65. The van der Waals surface area contributed by atoms with E-state index in [2.05, 4.69) is 43.0 Å². The van der Waals surface area contributed by atoms with Gasteiger partial charge in [0.2, 0.25) is 11.6 Å². The predicted octanol–water partition coefficient (Wildman–Crippen LogP) is 1.63. The average Bonchev–Trinajstić information content (AvgIpc) is 3.42. The molecule has 0 spiro atoms. The lowest BCUT2D eigenvalue weighted by atomic mass is 9.99. The number of nitrogen functional groups attached to an aromatic ring is 1. The molecule has 0 radical (unpaired) electrons. The number of rotatable bonds is 8. The third-order valence-electron chi connectivity index (χ3n) is 5.51. The number of hydrazone groups is 1. The molecule has 1 fully saturated rings. The number of hydrogen-bond acceptors (Lipinski definition) is 10. The van der Waals surface area contributed by atoms with Crippen LogP contribution in [-0.4, -0.2) is 62.0 Å². The van der Waals surface area contributed by atoms with Gasteiger partial charge >= 0.3 is 0 Å². The van der Waals surface area contributed by atoms with Crippen LogP contribution in [0.15, 0.2) is 34.0 Å². The van der Waals surface area contributed by atoms with E-state index >= 15 is 0 Å². The highest BCUT2D eigenvalue weighted by Gasteiger charge is 2.26. The van der Waals surface area contributed by atoms with Crippen molar-refractivity contribution in [3.05, 3.63) is 41.2 Å². The Morgan fingerprint density at radius 1 is 1.33 bits per heavy atom. The Labute approximate surface area is 190 Å². The van der Waals surface area contributed by atoms with Crippen molar-refractivity contribution in [3.63, 3.8) is 0 Å². The van der Waals surface area contributed by atoms with Gasteiger partial charge in [-0.15, -0.1) is 5.10 Å². The molecule has 0 unspecified atom stereocenters. The van der Waals surface area contributed by atoms with Gasteiger partial charge in [-0.2, -0.15) is 9.78 Å². The van der Waals surface area contributed by atoms with Crippen LogP contribution < -0.4 is 15.9 Å². The summed E-state index contributed by atoms with van der Waals surface area (Å²) < 4.78 is 11.7. The van der Waals surface area contributed by atoms with Crippen LogP contribution in [0.2, 0.25) is 0 Å². The lowest BCUT2D eigenvalue weighted by molar-refractivity contribution is 0.0946. The van der Waals surface area contributed by atoms with Gasteiger partial charge in [0.15, 0.2) is 5.69 Å². The van der Waals surface area contributed by atoms with Crippen LogP contribution in [0.4, 0.5) is 5.82 Å². The smallest absolute Gasteiger partial charge is 0.293 e. The molecule has 2 aromatic heterocycles. The lowest BCUT2D eigenvalue weighted by Gasteiger charge is -2.30. The Bertz CT molecular complexity index is 1120. The van der Waals surface area contributed by atoms with Crippen molar-refractivity contribution in [1.82, 2.24) is 35.6 Å². The molecule has 3 aromatic rings. The Morgan fingerprint density at radius 2 is 2.12 bits per heavy atom. The second kappa shape index (κ2) is 10.2. The molecular weight excluding hydrogens is 426 g/mol. The molecule has 174 valence electrons. The molecule has 3 heterocycles. The minimum Gasteiger partial charge on any atom is -0.493 e. The number of piperidine rings is 1. The summed E-state index contributed by atoms with van der Waals surface area (Å²) in [5.41, 5.74) is 9.79. The number of para-hydroxylation sites is 1. The molecule has 1 aliphatic rings. The number of aromatic nitrogens is 5.